The molecule has 5 nitrogen and oxygen atoms in total. The molecule has 0 saturated heterocycles. The van der Waals surface area contributed by atoms with Gasteiger partial charge in [-0.2, -0.15) is 0 Å². The fourth-order valence-electron chi connectivity index (χ4n) is 2.37. The molecule has 20 heavy (non-hydrogen) atoms. The van der Waals surface area contributed by atoms with Gasteiger partial charge in [0, 0.05) is 19.2 Å². The normalized spacial score (nSPS) is 13.8. The van der Waals surface area contributed by atoms with Crippen LogP contribution in [-0.4, -0.2) is 41.2 Å². The number of aliphatic hydroxyl groups is 1. The summed E-state index contributed by atoms with van der Waals surface area (Å²) in [4.78, 5) is 4.51. The number of sulfone groups is 1. The van der Waals surface area contributed by atoms with Crippen molar-refractivity contribution in [2.45, 2.75) is 32.4 Å². The zero-order valence-corrected chi connectivity index (χ0v) is 12.6. The highest BCUT2D eigenvalue weighted by molar-refractivity contribution is 7.90. The summed E-state index contributed by atoms with van der Waals surface area (Å²) < 4.78 is 24.5. The molecule has 1 N–H and O–H groups in total. The minimum absolute atomic E-state index is 0.234. The predicted octanol–water partition coefficient (Wildman–Crippen LogP) is 1.39. The Bertz CT molecular complexity index is 692. The van der Waals surface area contributed by atoms with Gasteiger partial charge in [-0.15, -0.1) is 0 Å². The number of imidazole rings is 1. The summed E-state index contributed by atoms with van der Waals surface area (Å²) >= 11 is 0. The van der Waals surface area contributed by atoms with Gasteiger partial charge in [0.1, 0.15) is 15.7 Å². The number of fused-ring (bicyclic) bond motifs is 1. The first-order valence-corrected chi connectivity index (χ1v) is 8.76. The summed E-state index contributed by atoms with van der Waals surface area (Å²) in [6.45, 7) is 2.88. The summed E-state index contributed by atoms with van der Waals surface area (Å²) in [5, 5.41) is 9.92. The molecule has 0 bridgehead atoms. The van der Waals surface area contributed by atoms with E-state index in [1.165, 1.54) is 0 Å². The Labute approximate surface area is 119 Å². The van der Waals surface area contributed by atoms with Crippen LogP contribution in [0.1, 0.15) is 19.2 Å². The van der Waals surface area contributed by atoms with Gasteiger partial charge in [-0.25, -0.2) is 13.4 Å². The van der Waals surface area contributed by atoms with E-state index in [1.807, 2.05) is 24.3 Å². The van der Waals surface area contributed by atoms with Crippen molar-refractivity contribution in [1.82, 2.24) is 9.55 Å². The van der Waals surface area contributed by atoms with Gasteiger partial charge in [0.15, 0.2) is 0 Å². The molecule has 110 valence electrons. The third kappa shape index (κ3) is 3.58. The second-order valence-corrected chi connectivity index (χ2v) is 7.30. The van der Waals surface area contributed by atoms with Crippen LogP contribution in [0, 0.1) is 0 Å². The number of hydrogen-bond acceptors (Lipinski definition) is 4. The van der Waals surface area contributed by atoms with E-state index in [4.69, 9.17) is 0 Å². The highest BCUT2D eigenvalue weighted by Gasteiger charge is 2.17. The minimum Gasteiger partial charge on any atom is -0.392 e. The summed E-state index contributed by atoms with van der Waals surface area (Å²) in [6.07, 6.45) is 1.42. The van der Waals surface area contributed by atoms with E-state index in [1.54, 1.807) is 0 Å². The van der Waals surface area contributed by atoms with Crippen LogP contribution in [0.2, 0.25) is 0 Å². The number of para-hydroxylation sites is 2. The lowest BCUT2D eigenvalue weighted by Gasteiger charge is -2.11. The maximum Gasteiger partial charge on any atom is 0.150 e. The molecular formula is C14H20N2O3S. The van der Waals surface area contributed by atoms with E-state index >= 15 is 0 Å². The van der Waals surface area contributed by atoms with E-state index in [2.05, 4.69) is 16.5 Å². The molecule has 0 aliphatic carbocycles. The Morgan fingerprint density at radius 2 is 2.05 bits per heavy atom. The van der Waals surface area contributed by atoms with Crippen LogP contribution in [0.4, 0.5) is 0 Å². The molecule has 1 aromatic carbocycles. The Balaban J connectivity index is 2.31. The van der Waals surface area contributed by atoms with Gasteiger partial charge in [-0.3, -0.25) is 0 Å². The van der Waals surface area contributed by atoms with Crippen LogP contribution in [0.5, 0.6) is 0 Å². The first kappa shape index (κ1) is 15.0. The monoisotopic (exact) mass is 296 g/mol. The van der Waals surface area contributed by atoms with E-state index in [0.29, 0.717) is 0 Å². The highest BCUT2D eigenvalue weighted by atomic mass is 32.2. The molecule has 2 rings (SSSR count). The molecule has 0 aliphatic heterocycles. The zero-order valence-electron chi connectivity index (χ0n) is 11.8. The quantitative estimate of drug-likeness (QED) is 0.874. The first-order valence-electron chi connectivity index (χ1n) is 6.70. The molecule has 1 unspecified atom stereocenters. The molecule has 2 aromatic rings. The lowest BCUT2D eigenvalue weighted by atomic mass is 10.2. The number of hydrogen-bond donors (Lipinski definition) is 1. The van der Waals surface area contributed by atoms with Crippen LogP contribution in [0.25, 0.3) is 11.0 Å². The molecule has 0 amide bonds. The molecule has 6 heteroatoms. The van der Waals surface area contributed by atoms with Gasteiger partial charge in [0.2, 0.25) is 0 Å². The number of aliphatic hydroxyl groups excluding tert-OH is 1. The van der Waals surface area contributed by atoms with Crippen molar-refractivity contribution < 1.29 is 13.5 Å². The molecule has 0 spiro atoms. The Morgan fingerprint density at radius 1 is 1.35 bits per heavy atom. The number of aromatic nitrogens is 2. The lowest BCUT2D eigenvalue weighted by Crippen LogP contribution is -2.23. The van der Waals surface area contributed by atoms with Crippen LogP contribution in [-0.2, 0) is 22.8 Å². The fourth-order valence-corrected chi connectivity index (χ4v) is 3.19. The fraction of sp³-hybridized carbons (Fsp3) is 0.500. The van der Waals surface area contributed by atoms with Gasteiger partial charge >= 0.3 is 0 Å². The number of aryl methyl sites for hydroxylation is 1. The molecule has 0 aliphatic rings. The number of benzene rings is 1. The zero-order chi connectivity index (χ0) is 14.8. The SMILES string of the molecule is CCCn1c(CC(O)CS(C)(=O)=O)nc2ccccc21. The molecule has 1 atom stereocenters. The van der Waals surface area contributed by atoms with Crippen molar-refractivity contribution in [1.29, 1.82) is 0 Å². The molecule has 0 saturated carbocycles. The molecular weight excluding hydrogens is 276 g/mol. The van der Waals surface area contributed by atoms with Gasteiger partial charge in [0.25, 0.3) is 0 Å². The molecule has 0 radical (unpaired) electrons. The van der Waals surface area contributed by atoms with Crippen LogP contribution < -0.4 is 0 Å². The second kappa shape index (κ2) is 5.93. The van der Waals surface area contributed by atoms with Crippen LogP contribution >= 0.6 is 0 Å². The van der Waals surface area contributed by atoms with E-state index in [-0.39, 0.29) is 12.2 Å². The Hall–Kier alpha value is -1.40. The van der Waals surface area contributed by atoms with E-state index < -0.39 is 15.9 Å². The number of rotatable bonds is 6. The van der Waals surface area contributed by atoms with Crippen molar-refractivity contribution in [3.63, 3.8) is 0 Å². The number of nitrogens with zero attached hydrogens (tertiary/aromatic N) is 2. The topological polar surface area (TPSA) is 72.2 Å². The Kier molecular flexibility index (Phi) is 4.45. The second-order valence-electron chi connectivity index (χ2n) is 5.12. The highest BCUT2D eigenvalue weighted by Crippen LogP contribution is 2.18. The summed E-state index contributed by atoms with van der Waals surface area (Å²) in [6, 6.07) is 7.79. The largest absolute Gasteiger partial charge is 0.392 e. The predicted molar refractivity (Wildman–Crippen MR) is 79.4 cm³/mol. The van der Waals surface area contributed by atoms with Gasteiger partial charge in [0.05, 0.1) is 22.9 Å². The maximum atomic E-state index is 11.2. The maximum absolute atomic E-state index is 11.2. The summed E-state index contributed by atoms with van der Waals surface area (Å²) in [5.41, 5.74) is 1.90. The van der Waals surface area contributed by atoms with Crippen molar-refractivity contribution in [3.05, 3.63) is 30.1 Å². The Morgan fingerprint density at radius 3 is 2.70 bits per heavy atom. The van der Waals surface area contributed by atoms with Crippen molar-refractivity contribution in [2.24, 2.45) is 0 Å². The lowest BCUT2D eigenvalue weighted by molar-refractivity contribution is 0.194. The average molecular weight is 296 g/mol. The molecule has 0 fully saturated rings. The molecule has 1 heterocycles. The van der Waals surface area contributed by atoms with Crippen molar-refractivity contribution in [2.75, 3.05) is 12.0 Å². The third-order valence-electron chi connectivity index (χ3n) is 3.09. The first-order chi connectivity index (χ1) is 9.40. The minimum atomic E-state index is -3.19. The smallest absolute Gasteiger partial charge is 0.150 e. The van der Waals surface area contributed by atoms with Crippen molar-refractivity contribution >= 4 is 20.9 Å². The van der Waals surface area contributed by atoms with Gasteiger partial charge < -0.3 is 9.67 Å². The van der Waals surface area contributed by atoms with Crippen LogP contribution in [0.3, 0.4) is 0 Å². The summed E-state index contributed by atoms with van der Waals surface area (Å²) in [7, 11) is -3.19. The molecule has 1 aromatic heterocycles. The summed E-state index contributed by atoms with van der Waals surface area (Å²) in [5.74, 6) is 0.506. The standard InChI is InChI=1S/C14H20N2O3S/c1-3-8-16-13-7-5-4-6-12(13)15-14(16)9-11(17)10-20(2,18)19/h4-7,11,17H,3,8-10H2,1-2H3. The van der Waals surface area contributed by atoms with Gasteiger partial charge in [-0.05, 0) is 18.6 Å². The average Bonchev–Trinajstić information content (AvgIpc) is 2.66. The third-order valence-corrected chi connectivity index (χ3v) is 4.08. The van der Waals surface area contributed by atoms with Crippen molar-refractivity contribution in [3.8, 4) is 0 Å². The van der Waals surface area contributed by atoms with E-state index in [9.17, 15) is 13.5 Å². The van der Waals surface area contributed by atoms with E-state index in [0.717, 1.165) is 36.1 Å². The van der Waals surface area contributed by atoms with Crippen LogP contribution in [0.15, 0.2) is 24.3 Å². The van der Waals surface area contributed by atoms with Gasteiger partial charge in [-0.1, -0.05) is 19.1 Å².